The summed E-state index contributed by atoms with van der Waals surface area (Å²) in [6, 6.07) is 15.3. The molecule has 3 N–H and O–H groups in total. The lowest BCUT2D eigenvalue weighted by Gasteiger charge is -2.35. The van der Waals surface area contributed by atoms with Gasteiger partial charge in [-0.2, -0.15) is 5.26 Å². The minimum atomic E-state index is -0.167. The van der Waals surface area contributed by atoms with Crippen LogP contribution < -0.4 is 11.1 Å². The van der Waals surface area contributed by atoms with Gasteiger partial charge in [0.1, 0.15) is 17.5 Å². The Hall–Kier alpha value is -4.01. The van der Waals surface area contributed by atoms with Gasteiger partial charge in [0.05, 0.1) is 11.4 Å². The smallest absolute Gasteiger partial charge is 0.222 e. The molecule has 2 amide bonds. The number of aromatic nitrogens is 3. The number of anilines is 2. The number of nitrogen functional groups attached to an aromatic ring is 1. The minimum Gasteiger partial charge on any atom is -0.382 e. The molecule has 0 bridgehead atoms. The van der Waals surface area contributed by atoms with Crippen LogP contribution in [0.1, 0.15) is 43.1 Å². The fraction of sp³-hybridized carbons (Fsp3) is 0.379. The summed E-state index contributed by atoms with van der Waals surface area (Å²) >= 11 is 1.37. The first kappa shape index (κ1) is 29.0. The van der Waals surface area contributed by atoms with Crippen LogP contribution in [0, 0.1) is 11.3 Å². The van der Waals surface area contributed by atoms with Crippen molar-refractivity contribution < 1.29 is 9.59 Å². The molecule has 4 rings (SSSR count). The molecular formula is C29H34N8O2S. The van der Waals surface area contributed by atoms with E-state index in [2.05, 4.69) is 33.3 Å². The largest absolute Gasteiger partial charge is 0.382 e. The Morgan fingerprint density at radius 1 is 1.12 bits per heavy atom. The molecule has 0 radical (unpaired) electrons. The van der Waals surface area contributed by atoms with Crippen LogP contribution in [0.3, 0.4) is 0 Å². The second-order valence-electron chi connectivity index (χ2n) is 9.93. The number of nitriles is 1. The molecule has 0 saturated carbocycles. The molecule has 11 heteroatoms. The lowest BCUT2D eigenvalue weighted by atomic mass is 10.0. The zero-order chi connectivity index (χ0) is 28.6. The summed E-state index contributed by atoms with van der Waals surface area (Å²) in [6.45, 7) is 3.48. The van der Waals surface area contributed by atoms with E-state index in [1.54, 1.807) is 24.3 Å². The van der Waals surface area contributed by atoms with E-state index in [4.69, 9.17) is 10.7 Å². The zero-order valence-corrected chi connectivity index (χ0v) is 23.9. The second kappa shape index (κ2) is 13.4. The van der Waals surface area contributed by atoms with E-state index >= 15 is 0 Å². The summed E-state index contributed by atoms with van der Waals surface area (Å²) < 4.78 is 0. The average molecular weight is 559 g/mol. The van der Waals surface area contributed by atoms with Gasteiger partial charge in [-0.1, -0.05) is 30.0 Å². The summed E-state index contributed by atoms with van der Waals surface area (Å²) in [5.74, 6) is 0.591. The second-order valence-corrected chi connectivity index (χ2v) is 10.9. The molecule has 1 aliphatic rings. The van der Waals surface area contributed by atoms with Crippen LogP contribution in [-0.4, -0.2) is 69.8 Å². The molecule has 0 aliphatic carbocycles. The predicted octanol–water partition coefficient (Wildman–Crippen LogP) is 3.73. The molecule has 3 aromatic rings. The topological polar surface area (TPSA) is 141 Å². The molecule has 1 saturated heterocycles. The molecule has 1 aromatic carbocycles. The number of aryl methyl sites for hydroxylation is 1. The van der Waals surface area contributed by atoms with Gasteiger partial charge < -0.3 is 20.9 Å². The summed E-state index contributed by atoms with van der Waals surface area (Å²) in [5.41, 5.74) is 9.79. The SMILES string of the molecule is CC(=O)Nc1ccc(-c2nc(SCc3cccc(CCC(=O)N(C)C4CCN(C)CC4)n3)nc(N)c2C#N)cc1. The highest BCUT2D eigenvalue weighted by molar-refractivity contribution is 7.98. The molecule has 40 heavy (non-hydrogen) atoms. The number of carbonyl (C=O) groups is 2. The van der Waals surface area contributed by atoms with E-state index in [1.165, 1.54) is 18.7 Å². The maximum Gasteiger partial charge on any atom is 0.222 e. The lowest BCUT2D eigenvalue weighted by molar-refractivity contribution is -0.132. The molecule has 1 aliphatic heterocycles. The number of likely N-dealkylation sites (tertiary alicyclic amines) is 1. The summed E-state index contributed by atoms with van der Waals surface area (Å²) in [7, 11) is 4.03. The highest BCUT2D eigenvalue weighted by atomic mass is 32.2. The van der Waals surface area contributed by atoms with E-state index < -0.39 is 0 Å². The van der Waals surface area contributed by atoms with Crippen molar-refractivity contribution >= 4 is 35.1 Å². The molecule has 1 fully saturated rings. The van der Waals surface area contributed by atoms with Crippen LogP contribution in [0.5, 0.6) is 0 Å². The molecular weight excluding hydrogens is 524 g/mol. The first-order chi connectivity index (χ1) is 19.2. The first-order valence-corrected chi connectivity index (χ1v) is 14.2. The van der Waals surface area contributed by atoms with Crippen LogP contribution in [0.4, 0.5) is 11.5 Å². The van der Waals surface area contributed by atoms with Crippen molar-refractivity contribution in [3.63, 3.8) is 0 Å². The number of nitrogens with two attached hydrogens (primary N) is 1. The number of piperidine rings is 1. The molecule has 0 spiro atoms. The number of nitrogens with one attached hydrogen (secondary N) is 1. The van der Waals surface area contributed by atoms with Crippen LogP contribution in [0.25, 0.3) is 11.3 Å². The molecule has 3 heterocycles. The van der Waals surface area contributed by atoms with Crippen molar-refractivity contribution in [1.29, 1.82) is 5.26 Å². The van der Waals surface area contributed by atoms with Crippen molar-refractivity contribution in [2.24, 2.45) is 0 Å². The van der Waals surface area contributed by atoms with Crippen molar-refractivity contribution in [2.45, 2.75) is 49.6 Å². The van der Waals surface area contributed by atoms with Crippen LogP contribution >= 0.6 is 11.8 Å². The maximum atomic E-state index is 12.8. The van der Waals surface area contributed by atoms with Gasteiger partial charge in [0.25, 0.3) is 0 Å². The Labute approximate surface area is 239 Å². The van der Waals surface area contributed by atoms with Gasteiger partial charge in [-0.15, -0.1) is 0 Å². The van der Waals surface area contributed by atoms with Gasteiger partial charge in [0.2, 0.25) is 11.8 Å². The van der Waals surface area contributed by atoms with E-state index in [9.17, 15) is 14.9 Å². The molecule has 2 aromatic heterocycles. The van der Waals surface area contributed by atoms with E-state index in [0.717, 1.165) is 37.3 Å². The number of pyridine rings is 1. The average Bonchev–Trinajstić information content (AvgIpc) is 2.95. The third-order valence-electron chi connectivity index (χ3n) is 6.94. The quantitative estimate of drug-likeness (QED) is 0.297. The van der Waals surface area contributed by atoms with Gasteiger partial charge in [-0.25, -0.2) is 9.97 Å². The molecule has 208 valence electrons. The summed E-state index contributed by atoms with van der Waals surface area (Å²) in [5, 5.41) is 12.8. The van der Waals surface area contributed by atoms with Crippen molar-refractivity contribution in [2.75, 3.05) is 38.2 Å². The van der Waals surface area contributed by atoms with Gasteiger partial charge in [-0.05, 0) is 63.7 Å². The molecule has 0 unspecified atom stereocenters. The van der Waals surface area contributed by atoms with E-state index in [-0.39, 0.29) is 23.2 Å². The van der Waals surface area contributed by atoms with Crippen molar-refractivity contribution in [3.8, 4) is 17.3 Å². The number of thioether (sulfide) groups is 1. The highest BCUT2D eigenvalue weighted by Gasteiger charge is 2.23. The number of hydrogen-bond donors (Lipinski definition) is 2. The number of rotatable bonds is 9. The van der Waals surface area contributed by atoms with Crippen LogP contribution in [0.2, 0.25) is 0 Å². The van der Waals surface area contributed by atoms with E-state index in [0.29, 0.717) is 46.7 Å². The number of hydrogen-bond acceptors (Lipinski definition) is 9. The Kier molecular flexibility index (Phi) is 9.69. The monoisotopic (exact) mass is 558 g/mol. The summed E-state index contributed by atoms with van der Waals surface area (Å²) in [4.78, 5) is 42.0. The Morgan fingerprint density at radius 3 is 2.50 bits per heavy atom. The van der Waals surface area contributed by atoms with Crippen LogP contribution in [-0.2, 0) is 21.8 Å². The standard InChI is InChI=1S/C29H34N8O2S/c1-19(38)32-22-9-7-20(8-10-22)27-25(17-30)28(31)35-29(34-27)40-18-23-6-4-5-21(33-23)11-12-26(39)37(3)24-13-15-36(2)16-14-24/h4-10,24H,11-16,18H2,1-3H3,(H,32,38)(H2,31,34,35). The Bertz CT molecular complexity index is 1400. The van der Waals surface area contributed by atoms with Crippen LogP contribution in [0.15, 0.2) is 47.6 Å². The number of carbonyl (C=O) groups excluding carboxylic acids is 2. The number of nitrogens with zero attached hydrogens (tertiary/aromatic N) is 6. The van der Waals surface area contributed by atoms with Gasteiger partial charge in [-0.3, -0.25) is 14.6 Å². The van der Waals surface area contributed by atoms with Gasteiger partial charge in [0.15, 0.2) is 5.16 Å². The Balaban J connectivity index is 1.39. The highest BCUT2D eigenvalue weighted by Crippen LogP contribution is 2.29. The number of amides is 2. The minimum absolute atomic E-state index is 0.106. The van der Waals surface area contributed by atoms with E-state index in [1.807, 2.05) is 30.1 Å². The Morgan fingerprint density at radius 2 is 1.82 bits per heavy atom. The normalized spacial score (nSPS) is 13.9. The predicted molar refractivity (Wildman–Crippen MR) is 156 cm³/mol. The first-order valence-electron chi connectivity index (χ1n) is 13.2. The molecule has 10 nitrogen and oxygen atoms in total. The third kappa shape index (κ3) is 7.55. The maximum absolute atomic E-state index is 12.8. The third-order valence-corrected chi connectivity index (χ3v) is 7.83. The van der Waals surface area contributed by atoms with Crippen molar-refractivity contribution in [1.82, 2.24) is 24.8 Å². The molecule has 0 atom stereocenters. The fourth-order valence-electron chi connectivity index (χ4n) is 4.64. The lowest BCUT2D eigenvalue weighted by Crippen LogP contribution is -2.44. The zero-order valence-electron chi connectivity index (χ0n) is 23.1. The fourth-order valence-corrected chi connectivity index (χ4v) is 5.40. The van der Waals surface area contributed by atoms with Gasteiger partial charge >= 0.3 is 0 Å². The number of benzene rings is 1. The van der Waals surface area contributed by atoms with Gasteiger partial charge in [0, 0.05) is 49.1 Å². The summed E-state index contributed by atoms with van der Waals surface area (Å²) in [6.07, 6.45) is 3.02. The van der Waals surface area contributed by atoms with Crippen molar-refractivity contribution in [3.05, 3.63) is 59.4 Å².